The van der Waals surface area contributed by atoms with Crippen LogP contribution in [0.1, 0.15) is 34.0 Å². The molecular formula is C18H17NO4. The number of hydrogen-bond donors (Lipinski definition) is 1. The van der Waals surface area contributed by atoms with Crippen LogP contribution in [-0.2, 0) is 0 Å². The summed E-state index contributed by atoms with van der Waals surface area (Å²) in [5, 5.41) is 10.2. The number of carbonyl (C=O) groups is 1. The number of nitrogens with zero attached hydrogens (tertiary/aromatic N) is 1. The lowest BCUT2D eigenvalue weighted by Crippen LogP contribution is -2.37. The smallest absolute Gasteiger partial charge is 0.258 e. The van der Waals surface area contributed by atoms with E-state index in [-0.39, 0.29) is 12.7 Å². The topological polar surface area (TPSA) is 59.0 Å². The van der Waals surface area contributed by atoms with E-state index in [1.165, 1.54) is 0 Å². The maximum Gasteiger partial charge on any atom is 0.258 e. The van der Waals surface area contributed by atoms with E-state index in [4.69, 9.17) is 9.47 Å². The largest absolute Gasteiger partial charge is 0.454 e. The van der Waals surface area contributed by atoms with E-state index in [0.29, 0.717) is 30.0 Å². The van der Waals surface area contributed by atoms with Gasteiger partial charge in [-0.05, 0) is 37.1 Å². The number of anilines is 1. The average Bonchev–Trinajstić information content (AvgIpc) is 3.03. The minimum atomic E-state index is -0.522. The van der Waals surface area contributed by atoms with Crippen LogP contribution in [-0.4, -0.2) is 24.4 Å². The molecule has 2 aliphatic heterocycles. The number of benzene rings is 2. The second kappa shape index (κ2) is 5.28. The number of fused-ring (bicyclic) bond motifs is 2. The number of para-hydroxylation sites is 1. The zero-order chi connectivity index (χ0) is 16.0. The van der Waals surface area contributed by atoms with Gasteiger partial charge in [-0.25, -0.2) is 0 Å². The third-order valence-corrected chi connectivity index (χ3v) is 4.39. The number of hydrogen-bond acceptors (Lipinski definition) is 4. The van der Waals surface area contributed by atoms with E-state index >= 15 is 0 Å². The first-order chi connectivity index (χ1) is 11.1. The molecule has 5 heteroatoms. The zero-order valence-electron chi connectivity index (χ0n) is 12.8. The van der Waals surface area contributed by atoms with Crippen molar-refractivity contribution < 1.29 is 19.4 Å². The number of aliphatic hydroxyl groups is 1. The van der Waals surface area contributed by atoms with Crippen LogP contribution in [0.25, 0.3) is 0 Å². The molecule has 0 fully saturated rings. The first-order valence-electron chi connectivity index (χ1n) is 7.64. The van der Waals surface area contributed by atoms with Crippen LogP contribution >= 0.6 is 0 Å². The maximum absolute atomic E-state index is 13.0. The molecule has 0 saturated heterocycles. The molecule has 23 heavy (non-hydrogen) atoms. The van der Waals surface area contributed by atoms with Crippen LogP contribution in [0, 0.1) is 6.92 Å². The Labute approximate surface area is 134 Å². The average molecular weight is 311 g/mol. The predicted octanol–water partition coefficient (Wildman–Crippen LogP) is 2.81. The van der Waals surface area contributed by atoms with Crippen molar-refractivity contribution in [3.8, 4) is 11.5 Å². The van der Waals surface area contributed by atoms with E-state index in [1.54, 1.807) is 23.1 Å². The number of ether oxygens (including phenoxy) is 2. The standard InChI is InChI=1S/C18H17NO4/c1-11-3-2-4-13-14(20)7-8-19(17(11)13)18(21)12-5-6-15-16(9-12)23-10-22-15/h2-6,9,14,20H,7-8,10H2,1H3. The number of aliphatic hydroxyl groups excluding tert-OH is 1. The van der Waals surface area contributed by atoms with Gasteiger partial charge in [-0.3, -0.25) is 4.79 Å². The molecule has 5 nitrogen and oxygen atoms in total. The highest BCUT2D eigenvalue weighted by Gasteiger charge is 2.30. The van der Waals surface area contributed by atoms with Gasteiger partial charge in [0.2, 0.25) is 6.79 Å². The Morgan fingerprint density at radius 1 is 1.22 bits per heavy atom. The molecule has 0 bridgehead atoms. The molecule has 0 aromatic heterocycles. The van der Waals surface area contributed by atoms with E-state index in [2.05, 4.69) is 0 Å². The summed E-state index contributed by atoms with van der Waals surface area (Å²) in [6, 6.07) is 11.0. The fourth-order valence-corrected chi connectivity index (χ4v) is 3.23. The Balaban J connectivity index is 1.74. The van der Waals surface area contributed by atoms with Crippen molar-refractivity contribution in [1.82, 2.24) is 0 Å². The van der Waals surface area contributed by atoms with Gasteiger partial charge in [-0.2, -0.15) is 0 Å². The molecular weight excluding hydrogens is 294 g/mol. The predicted molar refractivity (Wildman–Crippen MR) is 85.0 cm³/mol. The summed E-state index contributed by atoms with van der Waals surface area (Å²) in [7, 11) is 0. The summed E-state index contributed by atoms with van der Waals surface area (Å²) in [5.41, 5.74) is 3.16. The van der Waals surface area contributed by atoms with Crippen LogP contribution in [0.3, 0.4) is 0 Å². The molecule has 0 spiro atoms. The Morgan fingerprint density at radius 3 is 2.91 bits per heavy atom. The van der Waals surface area contributed by atoms with Gasteiger partial charge in [0.25, 0.3) is 5.91 Å². The van der Waals surface area contributed by atoms with Gasteiger partial charge in [-0.15, -0.1) is 0 Å². The number of rotatable bonds is 1. The SMILES string of the molecule is Cc1cccc2c1N(C(=O)c1ccc3c(c1)OCO3)CCC2O. The summed E-state index contributed by atoms with van der Waals surface area (Å²) < 4.78 is 10.6. The summed E-state index contributed by atoms with van der Waals surface area (Å²) in [6.07, 6.45) is 0.0120. The fourth-order valence-electron chi connectivity index (χ4n) is 3.23. The Bertz CT molecular complexity index is 787. The first kappa shape index (κ1) is 14.1. The zero-order valence-corrected chi connectivity index (χ0v) is 12.8. The highest BCUT2D eigenvalue weighted by atomic mass is 16.7. The van der Waals surface area contributed by atoms with Crippen molar-refractivity contribution in [1.29, 1.82) is 0 Å². The molecule has 1 N–H and O–H groups in total. The molecule has 118 valence electrons. The summed E-state index contributed by atoms with van der Waals surface area (Å²) in [6.45, 7) is 2.63. The third kappa shape index (κ3) is 2.24. The molecule has 2 heterocycles. The van der Waals surface area contributed by atoms with Gasteiger partial charge >= 0.3 is 0 Å². The molecule has 2 aromatic carbocycles. The fraction of sp³-hybridized carbons (Fsp3) is 0.278. The normalized spacial score (nSPS) is 18.7. The second-order valence-corrected chi connectivity index (χ2v) is 5.84. The number of amides is 1. The van der Waals surface area contributed by atoms with E-state index in [9.17, 15) is 9.90 Å². The van der Waals surface area contributed by atoms with Crippen molar-refractivity contribution >= 4 is 11.6 Å². The summed E-state index contributed by atoms with van der Waals surface area (Å²) in [4.78, 5) is 14.7. The monoisotopic (exact) mass is 311 g/mol. The van der Waals surface area contributed by atoms with Crippen molar-refractivity contribution in [3.63, 3.8) is 0 Å². The summed E-state index contributed by atoms with van der Waals surface area (Å²) >= 11 is 0. The molecule has 0 radical (unpaired) electrons. The Morgan fingerprint density at radius 2 is 2.04 bits per heavy atom. The first-order valence-corrected chi connectivity index (χ1v) is 7.64. The minimum absolute atomic E-state index is 0.0919. The number of aryl methyl sites for hydroxylation is 1. The Kier molecular flexibility index (Phi) is 3.23. The van der Waals surface area contributed by atoms with Crippen molar-refractivity contribution in [2.75, 3.05) is 18.2 Å². The molecule has 2 aromatic rings. The molecule has 2 aliphatic rings. The third-order valence-electron chi connectivity index (χ3n) is 4.39. The van der Waals surface area contributed by atoms with E-state index in [0.717, 1.165) is 16.8 Å². The Hall–Kier alpha value is -2.53. The van der Waals surface area contributed by atoms with Crippen molar-refractivity contribution in [3.05, 3.63) is 53.1 Å². The lowest BCUT2D eigenvalue weighted by Gasteiger charge is -2.33. The van der Waals surface area contributed by atoms with E-state index in [1.807, 2.05) is 25.1 Å². The van der Waals surface area contributed by atoms with Crippen LogP contribution in [0.4, 0.5) is 5.69 Å². The quantitative estimate of drug-likeness (QED) is 0.880. The van der Waals surface area contributed by atoms with Gasteiger partial charge in [0.1, 0.15) is 0 Å². The van der Waals surface area contributed by atoms with Gasteiger partial charge < -0.3 is 19.5 Å². The lowest BCUT2D eigenvalue weighted by atomic mass is 9.95. The van der Waals surface area contributed by atoms with Crippen LogP contribution in [0.2, 0.25) is 0 Å². The van der Waals surface area contributed by atoms with E-state index < -0.39 is 6.10 Å². The molecule has 1 atom stereocenters. The van der Waals surface area contributed by atoms with Gasteiger partial charge in [0, 0.05) is 17.7 Å². The second-order valence-electron chi connectivity index (χ2n) is 5.84. The summed E-state index contributed by atoms with van der Waals surface area (Å²) in [5.74, 6) is 1.16. The van der Waals surface area contributed by atoms with Crippen LogP contribution < -0.4 is 14.4 Å². The molecule has 4 rings (SSSR count). The van der Waals surface area contributed by atoms with Crippen LogP contribution in [0.5, 0.6) is 11.5 Å². The molecule has 0 saturated carbocycles. The maximum atomic E-state index is 13.0. The van der Waals surface area contributed by atoms with Crippen molar-refractivity contribution in [2.45, 2.75) is 19.4 Å². The lowest BCUT2D eigenvalue weighted by molar-refractivity contribution is 0.0970. The highest BCUT2D eigenvalue weighted by Crippen LogP contribution is 2.38. The minimum Gasteiger partial charge on any atom is -0.454 e. The van der Waals surface area contributed by atoms with Crippen molar-refractivity contribution in [2.24, 2.45) is 0 Å². The molecule has 1 amide bonds. The van der Waals surface area contributed by atoms with Gasteiger partial charge in [-0.1, -0.05) is 18.2 Å². The van der Waals surface area contributed by atoms with Gasteiger partial charge in [0.05, 0.1) is 11.8 Å². The highest BCUT2D eigenvalue weighted by molar-refractivity contribution is 6.07. The number of carbonyl (C=O) groups excluding carboxylic acids is 1. The van der Waals surface area contributed by atoms with Gasteiger partial charge in [0.15, 0.2) is 11.5 Å². The molecule has 0 aliphatic carbocycles. The van der Waals surface area contributed by atoms with Crippen LogP contribution in [0.15, 0.2) is 36.4 Å². The molecule has 1 unspecified atom stereocenters.